The predicted molar refractivity (Wildman–Crippen MR) is 75.1 cm³/mol. The zero-order chi connectivity index (χ0) is 15.1. The molecule has 0 heterocycles. The zero-order valence-electron chi connectivity index (χ0n) is 12.2. The maximum atomic E-state index is 11.9. The second kappa shape index (κ2) is 7.81. The Kier molecular flexibility index (Phi) is 7.54. The molecule has 114 valence electrons. The van der Waals surface area contributed by atoms with Crippen molar-refractivity contribution in [2.45, 2.75) is 45.6 Å². The Bertz CT molecular complexity index is 381. The summed E-state index contributed by atoms with van der Waals surface area (Å²) in [5, 5.41) is 0. The Morgan fingerprint density at radius 2 is 2.00 bits per heavy atom. The van der Waals surface area contributed by atoms with Crippen LogP contribution in [-0.2, 0) is 19.6 Å². The van der Waals surface area contributed by atoms with Crippen LogP contribution in [0.4, 0.5) is 0 Å². The van der Waals surface area contributed by atoms with Gasteiger partial charge in [-0.15, -0.1) is 0 Å². The Morgan fingerprint density at radius 3 is 2.42 bits per heavy atom. The second-order valence-corrected chi connectivity index (χ2v) is 7.31. The van der Waals surface area contributed by atoms with Gasteiger partial charge in [-0.05, 0) is 25.7 Å². The molecule has 19 heavy (non-hydrogen) atoms. The van der Waals surface area contributed by atoms with Crippen LogP contribution in [0.25, 0.3) is 0 Å². The Morgan fingerprint density at radius 1 is 1.42 bits per heavy atom. The van der Waals surface area contributed by atoms with Crippen LogP contribution in [0.2, 0.25) is 0 Å². The average molecular weight is 294 g/mol. The molecule has 0 aliphatic rings. The molecule has 3 N–H and O–H groups in total. The maximum absolute atomic E-state index is 11.9. The van der Waals surface area contributed by atoms with E-state index in [0.717, 1.165) is 0 Å². The fourth-order valence-corrected chi connectivity index (χ4v) is 3.55. The SMILES string of the molecule is COC(=O)CCCS(=O)(=O)NC(C)(CN)CC(C)C. The largest absolute Gasteiger partial charge is 0.469 e. The molecule has 1 unspecified atom stereocenters. The van der Waals surface area contributed by atoms with Crippen LogP contribution in [0.5, 0.6) is 0 Å². The molecule has 1 atom stereocenters. The van der Waals surface area contributed by atoms with E-state index < -0.39 is 21.5 Å². The molecule has 0 fully saturated rings. The van der Waals surface area contributed by atoms with Crippen LogP contribution in [-0.4, -0.2) is 39.3 Å². The van der Waals surface area contributed by atoms with Gasteiger partial charge in [0, 0.05) is 18.5 Å². The van der Waals surface area contributed by atoms with Gasteiger partial charge in [0.05, 0.1) is 12.9 Å². The number of esters is 1. The summed E-state index contributed by atoms with van der Waals surface area (Å²) in [7, 11) is -2.16. The summed E-state index contributed by atoms with van der Waals surface area (Å²) in [5.74, 6) is -0.166. The van der Waals surface area contributed by atoms with E-state index in [9.17, 15) is 13.2 Å². The third kappa shape index (κ3) is 8.18. The highest BCUT2D eigenvalue weighted by atomic mass is 32.2. The summed E-state index contributed by atoms with van der Waals surface area (Å²) >= 11 is 0. The highest BCUT2D eigenvalue weighted by Crippen LogP contribution is 2.16. The van der Waals surface area contributed by atoms with Crippen LogP contribution < -0.4 is 10.5 Å². The molecule has 7 heteroatoms. The van der Waals surface area contributed by atoms with E-state index >= 15 is 0 Å². The fraction of sp³-hybridized carbons (Fsp3) is 0.917. The van der Waals surface area contributed by atoms with Gasteiger partial charge in [0.15, 0.2) is 0 Å². The lowest BCUT2D eigenvalue weighted by Gasteiger charge is -2.30. The van der Waals surface area contributed by atoms with Crippen LogP contribution in [0.15, 0.2) is 0 Å². The summed E-state index contributed by atoms with van der Waals surface area (Å²) in [5.41, 5.74) is 5.02. The van der Waals surface area contributed by atoms with Gasteiger partial charge >= 0.3 is 5.97 Å². The van der Waals surface area contributed by atoms with Crippen molar-refractivity contribution in [2.24, 2.45) is 11.7 Å². The van der Waals surface area contributed by atoms with Gasteiger partial charge in [-0.2, -0.15) is 0 Å². The average Bonchev–Trinajstić information content (AvgIpc) is 2.26. The van der Waals surface area contributed by atoms with E-state index in [4.69, 9.17) is 5.73 Å². The molecule has 0 spiro atoms. The van der Waals surface area contributed by atoms with Gasteiger partial charge < -0.3 is 10.5 Å². The summed E-state index contributed by atoms with van der Waals surface area (Å²) in [6.07, 6.45) is 1.00. The van der Waals surface area contributed by atoms with Gasteiger partial charge in [-0.25, -0.2) is 13.1 Å². The highest BCUT2D eigenvalue weighted by Gasteiger charge is 2.29. The second-order valence-electron chi connectivity index (χ2n) is 5.46. The monoisotopic (exact) mass is 294 g/mol. The molecule has 0 saturated carbocycles. The molecule has 0 rings (SSSR count). The minimum atomic E-state index is -3.44. The molecular weight excluding hydrogens is 268 g/mol. The van der Waals surface area contributed by atoms with Crippen molar-refractivity contribution in [3.05, 3.63) is 0 Å². The molecule has 0 radical (unpaired) electrons. The molecule has 0 aliphatic heterocycles. The Balaban J connectivity index is 4.44. The number of carbonyl (C=O) groups is 1. The van der Waals surface area contributed by atoms with Crippen LogP contribution in [0.3, 0.4) is 0 Å². The molecule has 0 aliphatic carbocycles. The quantitative estimate of drug-likeness (QED) is 0.607. The fourth-order valence-electron chi connectivity index (χ4n) is 2.00. The number of hydrogen-bond donors (Lipinski definition) is 2. The molecule has 0 amide bonds. The number of nitrogens with two attached hydrogens (primary N) is 1. The van der Waals surface area contributed by atoms with Crippen molar-refractivity contribution < 1.29 is 17.9 Å². The predicted octanol–water partition coefficient (Wildman–Crippen LogP) is 0.623. The lowest BCUT2D eigenvalue weighted by Crippen LogP contribution is -2.52. The Hall–Kier alpha value is -0.660. The van der Waals surface area contributed by atoms with E-state index in [-0.39, 0.29) is 25.1 Å². The number of carbonyl (C=O) groups excluding carboxylic acids is 1. The first kappa shape index (κ1) is 18.3. The molecule has 0 bridgehead atoms. The van der Waals surface area contributed by atoms with E-state index in [1.165, 1.54) is 7.11 Å². The molecule has 0 aromatic heterocycles. The number of hydrogen-bond acceptors (Lipinski definition) is 5. The number of nitrogens with one attached hydrogen (secondary N) is 1. The van der Waals surface area contributed by atoms with Gasteiger partial charge in [0.2, 0.25) is 10.0 Å². The summed E-state index contributed by atoms with van der Waals surface area (Å²) in [6, 6.07) is 0. The lowest BCUT2D eigenvalue weighted by atomic mass is 9.92. The van der Waals surface area contributed by atoms with E-state index in [1.807, 2.05) is 13.8 Å². The number of methoxy groups -OCH3 is 1. The first-order chi connectivity index (χ1) is 8.64. The van der Waals surface area contributed by atoms with Crippen molar-refractivity contribution in [2.75, 3.05) is 19.4 Å². The minimum Gasteiger partial charge on any atom is -0.469 e. The standard InChI is InChI=1S/C12H26N2O4S/c1-10(2)8-12(3,9-13)14-19(16,17)7-5-6-11(15)18-4/h10,14H,5-9,13H2,1-4H3. The lowest BCUT2D eigenvalue weighted by molar-refractivity contribution is -0.140. The van der Waals surface area contributed by atoms with E-state index in [2.05, 4.69) is 9.46 Å². The van der Waals surface area contributed by atoms with Gasteiger partial charge in [0.1, 0.15) is 0 Å². The smallest absolute Gasteiger partial charge is 0.305 e. The third-order valence-corrected chi connectivity index (χ3v) is 4.36. The van der Waals surface area contributed by atoms with Gasteiger partial charge in [-0.3, -0.25) is 4.79 Å². The van der Waals surface area contributed by atoms with Gasteiger partial charge in [0.25, 0.3) is 0 Å². The molecule has 0 aromatic rings. The molecular formula is C12H26N2O4S. The zero-order valence-corrected chi connectivity index (χ0v) is 13.0. The van der Waals surface area contributed by atoms with E-state index in [1.54, 1.807) is 6.92 Å². The normalized spacial score (nSPS) is 15.3. The number of rotatable bonds is 9. The third-order valence-electron chi connectivity index (χ3n) is 2.73. The number of ether oxygens (including phenoxy) is 1. The summed E-state index contributed by atoms with van der Waals surface area (Å²) in [6.45, 7) is 6.06. The topological polar surface area (TPSA) is 98.5 Å². The van der Waals surface area contributed by atoms with Gasteiger partial charge in [-0.1, -0.05) is 13.8 Å². The van der Waals surface area contributed by atoms with Crippen molar-refractivity contribution in [3.8, 4) is 0 Å². The molecule has 6 nitrogen and oxygen atoms in total. The van der Waals surface area contributed by atoms with Crippen LogP contribution in [0, 0.1) is 5.92 Å². The minimum absolute atomic E-state index is 0.0981. The van der Waals surface area contributed by atoms with Crippen LogP contribution in [0.1, 0.15) is 40.0 Å². The summed E-state index contributed by atoms with van der Waals surface area (Å²) in [4.78, 5) is 10.9. The van der Waals surface area contributed by atoms with Crippen molar-refractivity contribution in [1.82, 2.24) is 4.72 Å². The van der Waals surface area contributed by atoms with E-state index in [0.29, 0.717) is 12.3 Å². The first-order valence-corrected chi connectivity index (χ1v) is 8.08. The van der Waals surface area contributed by atoms with Crippen molar-refractivity contribution >= 4 is 16.0 Å². The maximum Gasteiger partial charge on any atom is 0.305 e. The van der Waals surface area contributed by atoms with Crippen molar-refractivity contribution in [3.63, 3.8) is 0 Å². The molecule has 0 saturated heterocycles. The summed E-state index contributed by atoms with van der Waals surface area (Å²) < 4.78 is 31.0. The van der Waals surface area contributed by atoms with Crippen LogP contribution >= 0.6 is 0 Å². The Labute approximate surface area is 116 Å². The van der Waals surface area contributed by atoms with Crippen molar-refractivity contribution in [1.29, 1.82) is 0 Å². The highest BCUT2D eigenvalue weighted by molar-refractivity contribution is 7.89. The number of sulfonamides is 1. The molecule has 0 aromatic carbocycles. The first-order valence-electron chi connectivity index (χ1n) is 6.42.